The van der Waals surface area contributed by atoms with Gasteiger partial charge in [0.05, 0.1) is 16.9 Å². The first-order valence-electron chi connectivity index (χ1n) is 8.49. The van der Waals surface area contributed by atoms with E-state index in [1.165, 1.54) is 29.6 Å². The first kappa shape index (κ1) is 22.1. The number of alkyl halides is 3. The van der Waals surface area contributed by atoms with Gasteiger partial charge in [0.2, 0.25) is 10.0 Å². The predicted molar refractivity (Wildman–Crippen MR) is 108 cm³/mol. The maximum atomic E-state index is 12.7. The van der Waals surface area contributed by atoms with Gasteiger partial charge in [0, 0.05) is 37.8 Å². The highest BCUT2D eigenvalue weighted by Gasteiger charge is 2.33. The molecule has 0 aliphatic heterocycles. The van der Waals surface area contributed by atoms with E-state index in [0.29, 0.717) is 16.9 Å². The lowest BCUT2D eigenvalue weighted by atomic mass is 10.1. The van der Waals surface area contributed by atoms with Crippen LogP contribution < -0.4 is 5.32 Å². The van der Waals surface area contributed by atoms with Crippen molar-refractivity contribution in [1.29, 1.82) is 0 Å². The number of nitrogens with zero attached hydrogens (tertiary/aromatic N) is 5. The van der Waals surface area contributed by atoms with Crippen molar-refractivity contribution in [2.75, 3.05) is 18.7 Å². The van der Waals surface area contributed by atoms with E-state index in [0.717, 1.165) is 12.1 Å². The Bertz CT molecular complexity index is 1150. The van der Waals surface area contributed by atoms with E-state index in [9.17, 15) is 21.6 Å². The lowest BCUT2D eigenvalue weighted by Crippen LogP contribution is -2.25. The molecular weight excluding hydrogens is 440 g/mol. The van der Waals surface area contributed by atoms with E-state index in [-0.39, 0.29) is 17.0 Å². The molecule has 0 radical (unpaired) electrons. The third kappa shape index (κ3) is 4.61. The van der Waals surface area contributed by atoms with Crippen LogP contribution in [0.5, 0.6) is 0 Å². The van der Waals surface area contributed by atoms with Crippen LogP contribution in [-0.4, -0.2) is 45.8 Å². The van der Waals surface area contributed by atoms with Gasteiger partial charge in [-0.25, -0.2) is 13.4 Å². The fourth-order valence-corrected chi connectivity index (χ4v) is 4.17. The van der Waals surface area contributed by atoms with Crippen LogP contribution in [0.4, 0.5) is 24.7 Å². The number of hydrogen-bond donors (Lipinski definition) is 1. The number of aryl methyl sites for hydroxylation is 1. The average molecular weight is 458 g/mol. The highest BCUT2D eigenvalue weighted by Crippen LogP contribution is 2.33. The summed E-state index contributed by atoms with van der Waals surface area (Å²) >= 11 is 0. The van der Waals surface area contributed by atoms with Crippen LogP contribution in [0.1, 0.15) is 5.69 Å². The predicted octanol–water partition coefficient (Wildman–Crippen LogP) is 3.09. The molecule has 0 bridgehead atoms. The minimum Gasteiger partial charge on any atom is -0.340 e. The second-order valence-corrected chi connectivity index (χ2v) is 8.75. The summed E-state index contributed by atoms with van der Waals surface area (Å²) in [5.74, 6) is 0.0675. The van der Waals surface area contributed by atoms with Crippen molar-refractivity contribution in [3.05, 3.63) is 48.5 Å². The number of anilines is 2. The monoisotopic (exact) mass is 458 g/mol. The van der Waals surface area contributed by atoms with E-state index in [2.05, 4.69) is 29.7 Å². The van der Waals surface area contributed by atoms with Crippen LogP contribution in [0, 0.1) is 0 Å². The fourth-order valence-electron chi connectivity index (χ4n) is 2.52. The molecule has 30 heavy (non-hydrogen) atoms. The Labute approximate surface area is 173 Å². The zero-order valence-corrected chi connectivity index (χ0v) is 17.9. The zero-order valence-electron chi connectivity index (χ0n) is 15.9. The molecule has 2 heterocycles. The highest BCUT2D eigenvalue weighted by atomic mass is 32.2. The number of sulfonamides is 1. The summed E-state index contributed by atoms with van der Waals surface area (Å²) in [6, 6.07) is 6.31. The molecule has 160 valence electrons. The van der Waals surface area contributed by atoms with E-state index >= 15 is 0 Å². The summed E-state index contributed by atoms with van der Waals surface area (Å²) in [7, 11) is 1.82. The molecule has 0 fully saturated rings. The average Bonchev–Trinajstić information content (AvgIpc) is 3.13. The van der Waals surface area contributed by atoms with E-state index < -0.39 is 21.9 Å². The standard InChI is InChI=1S/C17H18F3N6O2PS/c1-25-8-14(21-9-25)12-7-11(30(27,28)26(2)10-29)3-4-13(12)22-16-6-5-15(23-24-16)17(18,19)20/h3-9H,10,29H2,1-2H3,(H,22,24). The number of aromatic nitrogens is 4. The summed E-state index contributed by atoms with van der Waals surface area (Å²) in [4.78, 5) is 4.30. The van der Waals surface area contributed by atoms with Crippen molar-refractivity contribution in [2.45, 2.75) is 11.1 Å². The van der Waals surface area contributed by atoms with Crippen molar-refractivity contribution in [2.24, 2.45) is 7.05 Å². The molecule has 0 aliphatic rings. The van der Waals surface area contributed by atoms with E-state index in [4.69, 9.17) is 0 Å². The number of nitrogens with one attached hydrogen (secondary N) is 1. The Balaban J connectivity index is 2.04. The molecular formula is C17H18F3N6O2PS. The van der Waals surface area contributed by atoms with Crippen molar-refractivity contribution in [3.8, 4) is 11.3 Å². The quantitative estimate of drug-likeness (QED) is 0.571. The summed E-state index contributed by atoms with van der Waals surface area (Å²) in [6.07, 6.45) is -1.14. The molecule has 0 saturated heterocycles. The van der Waals surface area contributed by atoms with Gasteiger partial charge in [-0.05, 0) is 30.3 Å². The Kier molecular flexibility index (Phi) is 6.11. The first-order valence-corrected chi connectivity index (χ1v) is 10.7. The molecule has 3 rings (SSSR count). The van der Waals surface area contributed by atoms with Gasteiger partial charge in [0.15, 0.2) is 11.5 Å². The Morgan fingerprint density at radius 2 is 1.93 bits per heavy atom. The number of halogens is 3. The van der Waals surface area contributed by atoms with Crippen molar-refractivity contribution < 1.29 is 21.6 Å². The molecule has 3 aromatic rings. The van der Waals surface area contributed by atoms with Crippen LogP contribution in [0.2, 0.25) is 0 Å². The fraction of sp³-hybridized carbons (Fsp3) is 0.235. The van der Waals surface area contributed by atoms with Crippen molar-refractivity contribution in [3.63, 3.8) is 0 Å². The number of imidazole rings is 1. The summed E-state index contributed by atoms with van der Waals surface area (Å²) in [5, 5.41) is 9.62. The number of rotatable bonds is 6. The normalized spacial score (nSPS) is 12.4. The molecule has 13 heteroatoms. The number of hydrogen-bond acceptors (Lipinski definition) is 6. The smallest absolute Gasteiger partial charge is 0.340 e. The molecule has 1 N–H and O–H groups in total. The van der Waals surface area contributed by atoms with Gasteiger partial charge in [-0.3, -0.25) is 0 Å². The summed E-state index contributed by atoms with van der Waals surface area (Å²) < 4.78 is 66.3. The lowest BCUT2D eigenvalue weighted by Gasteiger charge is -2.17. The van der Waals surface area contributed by atoms with Crippen LogP contribution in [-0.2, 0) is 23.2 Å². The Morgan fingerprint density at radius 1 is 1.20 bits per heavy atom. The molecule has 0 spiro atoms. The van der Waals surface area contributed by atoms with Gasteiger partial charge in [0.1, 0.15) is 0 Å². The van der Waals surface area contributed by atoms with Crippen molar-refractivity contribution >= 4 is 30.8 Å². The lowest BCUT2D eigenvalue weighted by molar-refractivity contribution is -0.141. The Hall–Kier alpha value is -2.56. The first-order chi connectivity index (χ1) is 14.0. The van der Waals surface area contributed by atoms with E-state index in [1.54, 1.807) is 24.1 Å². The largest absolute Gasteiger partial charge is 0.435 e. The molecule has 0 aliphatic carbocycles. The van der Waals surface area contributed by atoms with Crippen molar-refractivity contribution in [1.82, 2.24) is 24.1 Å². The van der Waals surface area contributed by atoms with Gasteiger partial charge in [-0.15, -0.1) is 19.4 Å². The number of benzene rings is 1. The maximum Gasteiger partial charge on any atom is 0.435 e. The molecule has 0 saturated carbocycles. The van der Waals surface area contributed by atoms with Gasteiger partial charge < -0.3 is 9.88 Å². The minimum atomic E-state index is -4.59. The highest BCUT2D eigenvalue weighted by molar-refractivity contribution is 7.89. The maximum absolute atomic E-state index is 12.7. The second-order valence-electron chi connectivity index (χ2n) is 6.34. The molecule has 1 unspecified atom stereocenters. The van der Waals surface area contributed by atoms with Gasteiger partial charge >= 0.3 is 6.18 Å². The van der Waals surface area contributed by atoms with Gasteiger partial charge in [-0.1, -0.05) is 0 Å². The Morgan fingerprint density at radius 3 is 2.47 bits per heavy atom. The summed E-state index contributed by atoms with van der Waals surface area (Å²) in [5.41, 5.74) is 0.219. The van der Waals surface area contributed by atoms with E-state index in [1.807, 2.05) is 0 Å². The molecule has 8 nitrogen and oxygen atoms in total. The zero-order chi connectivity index (χ0) is 22.1. The molecule has 1 aromatic carbocycles. The molecule has 0 amide bonds. The topological polar surface area (TPSA) is 93.0 Å². The van der Waals surface area contributed by atoms with Gasteiger partial charge in [0.25, 0.3) is 0 Å². The second kappa shape index (κ2) is 8.29. The molecule has 1 atom stereocenters. The van der Waals surface area contributed by atoms with Crippen LogP contribution >= 0.6 is 9.24 Å². The summed E-state index contributed by atoms with van der Waals surface area (Å²) in [6.45, 7) is 0. The van der Waals surface area contributed by atoms with Gasteiger partial charge in [-0.2, -0.15) is 17.5 Å². The third-order valence-electron chi connectivity index (χ3n) is 4.15. The van der Waals surface area contributed by atoms with Crippen LogP contribution in [0.25, 0.3) is 11.3 Å². The molecule has 2 aromatic heterocycles. The third-order valence-corrected chi connectivity index (χ3v) is 6.79. The van der Waals surface area contributed by atoms with Crippen LogP contribution in [0.15, 0.2) is 47.8 Å². The van der Waals surface area contributed by atoms with Crippen LogP contribution in [0.3, 0.4) is 0 Å². The minimum absolute atomic E-state index is 0.0529. The SMILES string of the molecule is CN(CP)S(=O)(=O)c1ccc(Nc2ccc(C(F)(F)F)nn2)c(-c2cn(C)cn2)c1.